The first-order chi connectivity index (χ1) is 7.93. The first kappa shape index (κ1) is 15.9. The van der Waals surface area contributed by atoms with Crippen molar-refractivity contribution in [2.24, 2.45) is 0 Å². The Labute approximate surface area is 110 Å². The zero-order valence-corrected chi connectivity index (χ0v) is 11.2. The van der Waals surface area contributed by atoms with Crippen LogP contribution in [0.15, 0.2) is 12.2 Å². The molecule has 0 radical (unpaired) electrons. The number of hydrogen-bond acceptors (Lipinski definition) is 4. The molecule has 0 unspecified atom stereocenters. The summed E-state index contributed by atoms with van der Waals surface area (Å²) in [6, 6.07) is 0. The van der Waals surface area contributed by atoms with Gasteiger partial charge in [-0.05, 0) is 6.92 Å². The molecule has 0 spiro atoms. The van der Waals surface area contributed by atoms with Crippen LogP contribution in [0.2, 0.25) is 0 Å². The fourth-order valence-corrected chi connectivity index (χ4v) is 1.73. The van der Waals surface area contributed by atoms with Gasteiger partial charge >= 0.3 is 5.97 Å². The molecule has 17 heavy (non-hydrogen) atoms. The van der Waals surface area contributed by atoms with Crippen molar-refractivity contribution in [2.75, 3.05) is 18.8 Å². The Balaban J connectivity index is 0.000000354. The molecular weight excluding hydrogens is 260 g/mol. The van der Waals surface area contributed by atoms with Gasteiger partial charge in [0.2, 0.25) is 5.91 Å². The van der Waals surface area contributed by atoms with Crippen molar-refractivity contribution in [3.8, 4) is 0 Å². The number of hydrogen-bond donors (Lipinski definition) is 3. The van der Waals surface area contributed by atoms with E-state index in [4.69, 9.17) is 17.3 Å². The molecule has 0 aromatic rings. The molecule has 96 valence electrons. The number of amides is 1. The molecule has 1 saturated heterocycles. The monoisotopic (exact) mass is 276 g/mol. The molecule has 0 aromatic heterocycles. The van der Waals surface area contributed by atoms with E-state index in [0.29, 0.717) is 5.57 Å². The van der Waals surface area contributed by atoms with Gasteiger partial charge in [-0.25, -0.2) is 0 Å². The van der Waals surface area contributed by atoms with E-state index in [1.807, 2.05) is 0 Å². The van der Waals surface area contributed by atoms with Gasteiger partial charge in [0.15, 0.2) is 0 Å². The SMILES string of the molecule is C=C(C)C(=O)NCCC(=O)O.S=C1NCCS1. The number of carbonyl (C=O) groups excluding carboxylic acids is 1. The maximum atomic E-state index is 10.7. The lowest BCUT2D eigenvalue weighted by Crippen LogP contribution is -2.26. The number of nitrogens with one attached hydrogen (secondary N) is 2. The second kappa shape index (κ2) is 9.00. The predicted octanol–water partition coefficient (Wildman–Crippen LogP) is 0.761. The summed E-state index contributed by atoms with van der Waals surface area (Å²) in [4.78, 5) is 20.7. The summed E-state index contributed by atoms with van der Waals surface area (Å²) in [6.45, 7) is 6.17. The fourth-order valence-electron chi connectivity index (χ4n) is 0.782. The number of carboxylic acid groups (broad SMARTS) is 1. The molecule has 0 atom stereocenters. The van der Waals surface area contributed by atoms with Gasteiger partial charge in [-0.15, -0.1) is 0 Å². The Morgan fingerprint density at radius 3 is 2.59 bits per heavy atom. The Morgan fingerprint density at radius 2 is 2.29 bits per heavy atom. The van der Waals surface area contributed by atoms with Crippen LogP contribution in [0.4, 0.5) is 0 Å². The van der Waals surface area contributed by atoms with E-state index in [1.54, 1.807) is 18.7 Å². The molecular formula is C10H16N2O3S2. The Morgan fingerprint density at radius 1 is 1.65 bits per heavy atom. The molecule has 1 amide bonds. The lowest BCUT2D eigenvalue weighted by Gasteiger charge is -2.00. The number of thiocarbonyl (C=S) groups is 1. The van der Waals surface area contributed by atoms with E-state index in [1.165, 1.54) is 0 Å². The maximum absolute atomic E-state index is 10.7. The molecule has 3 N–H and O–H groups in total. The van der Waals surface area contributed by atoms with Crippen LogP contribution in [0.3, 0.4) is 0 Å². The average molecular weight is 276 g/mol. The third kappa shape index (κ3) is 9.83. The fraction of sp³-hybridized carbons (Fsp3) is 0.500. The lowest BCUT2D eigenvalue weighted by atomic mass is 10.3. The standard InChI is InChI=1S/C7H11NO3.C3H5NS2/c1-5(2)7(11)8-4-3-6(9)10;5-3-4-1-2-6-3/h1,3-4H2,2H3,(H,8,11)(H,9,10);1-2H2,(H,4,5). The van der Waals surface area contributed by atoms with Crippen LogP contribution in [-0.2, 0) is 9.59 Å². The van der Waals surface area contributed by atoms with Crippen molar-refractivity contribution in [1.29, 1.82) is 0 Å². The van der Waals surface area contributed by atoms with E-state index in [2.05, 4.69) is 17.2 Å². The molecule has 1 aliphatic rings. The third-order valence-electron chi connectivity index (χ3n) is 1.62. The minimum Gasteiger partial charge on any atom is -0.481 e. The van der Waals surface area contributed by atoms with Crippen LogP contribution in [0, 0.1) is 0 Å². The number of carboxylic acids is 1. The van der Waals surface area contributed by atoms with Crippen LogP contribution in [0.5, 0.6) is 0 Å². The van der Waals surface area contributed by atoms with Crippen LogP contribution in [0.1, 0.15) is 13.3 Å². The van der Waals surface area contributed by atoms with Crippen LogP contribution >= 0.6 is 24.0 Å². The number of aliphatic carboxylic acids is 1. The minimum atomic E-state index is -0.924. The molecule has 0 bridgehead atoms. The van der Waals surface area contributed by atoms with Gasteiger partial charge in [0.05, 0.1) is 6.42 Å². The molecule has 0 aliphatic carbocycles. The van der Waals surface area contributed by atoms with E-state index in [0.717, 1.165) is 16.6 Å². The van der Waals surface area contributed by atoms with Gasteiger partial charge in [-0.2, -0.15) is 0 Å². The maximum Gasteiger partial charge on any atom is 0.305 e. The zero-order valence-electron chi connectivity index (χ0n) is 9.62. The van der Waals surface area contributed by atoms with Gasteiger partial charge in [-0.1, -0.05) is 30.6 Å². The number of carbonyl (C=O) groups is 2. The zero-order chi connectivity index (χ0) is 13.3. The Bertz CT molecular complexity index is 311. The first-order valence-electron chi connectivity index (χ1n) is 4.99. The highest BCUT2D eigenvalue weighted by atomic mass is 32.2. The van der Waals surface area contributed by atoms with Crippen molar-refractivity contribution >= 4 is 40.2 Å². The van der Waals surface area contributed by atoms with Crippen molar-refractivity contribution in [3.63, 3.8) is 0 Å². The van der Waals surface area contributed by atoms with Gasteiger partial charge in [0.25, 0.3) is 0 Å². The summed E-state index contributed by atoms with van der Waals surface area (Å²) in [7, 11) is 0. The van der Waals surface area contributed by atoms with Crippen LogP contribution in [-0.4, -0.2) is 40.1 Å². The van der Waals surface area contributed by atoms with E-state index >= 15 is 0 Å². The highest BCUT2D eigenvalue weighted by Gasteiger charge is 2.02. The van der Waals surface area contributed by atoms with Crippen LogP contribution in [0.25, 0.3) is 0 Å². The summed E-state index contributed by atoms with van der Waals surface area (Å²) in [6.07, 6.45) is -0.0565. The largest absolute Gasteiger partial charge is 0.481 e. The summed E-state index contributed by atoms with van der Waals surface area (Å²) in [5.41, 5.74) is 0.385. The normalized spacial score (nSPS) is 13.1. The quantitative estimate of drug-likeness (QED) is 0.520. The Kier molecular flexibility index (Phi) is 8.43. The smallest absolute Gasteiger partial charge is 0.305 e. The summed E-state index contributed by atoms with van der Waals surface area (Å²) in [5, 5.41) is 13.6. The van der Waals surface area contributed by atoms with Crippen molar-refractivity contribution in [3.05, 3.63) is 12.2 Å². The first-order valence-corrected chi connectivity index (χ1v) is 6.39. The molecule has 1 heterocycles. The highest BCUT2D eigenvalue weighted by Crippen LogP contribution is 2.05. The minimum absolute atomic E-state index is 0.0565. The van der Waals surface area contributed by atoms with Gasteiger partial charge in [0, 0.05) is 24.4 Å². The molecule has 0 aromatic carbocycles. The van der Waals surface area contributed by atoms with Gasteiger partial charge in [0.1, 0.15) is 4.32 Å². The molecule has 1 aliphatic heterocycles. The van der Waals surface area contributed by atoms with E-state index in [-0.39, 0.29) is 18.9 Å². The predicted molar refractivity (Wildman–Crippen MR) is 73.1 cm³/mol. The third-order valence-corrected chi connectivity index (χ3v) is 2.93. The van der Waals surface area contributed by atoms with E-state index in [9.17, 15) is 9.59 Å². The topological polar surface area (TPSA) is 78.4 Å². The molecule has 1 fully saturated rings. The molecule has 1 rings (SSSR count). The second-order valence-corrected chi connectivity index (χ2v) is 5.01. The highest BCUT2D eigenvalue weighted by molar-refractivity contribution is 8.23. The van der Waals surface area contributed by atoms with Crippen LogP contribution < -0.4 is 10.6 Å². The summed E-state index contributed by atoms with van der Waals surface area (Å²) >= 11 is 6.49. The lowest BCUT2D eigenvalue weighted by molar-refractivity contribution is -0.136. The second-order valence-electron chi connectivity index (χ2n) is 3.24. The number of rotatable bonds is 4. The Hall–Kier alpha value is -1.08. The van der Waals surface area contributed by atoms with Gasteiger partial charge in [-0.3, -0.25) is 9.59 Å². The molecule has 7 heteroatoms. The van der Waals surface area contributed by atoms with Crippen molar-refractivity contribution < 1.29 is 14.7 Å². The number of thioether (sulfide) groups is 1. The summed E-state index contributed by atoms with van der Waals surface area (Å²) in [5.74, 6) is -0.0722. The van der Waals surface area contributed by atoms with E-state index < -0.39 is 5.97 Å². The average Bonchev–Trinajstić information content (AvgIpc) is 2.69. The summed E-state index contributed by atoms with van der Waals surface area (Å²) < 4.78 is 0.954. The van der Waals surface area contributed by atoms with Crippen molar-refractivity contribution in [2.45, 2.75) is 13.3 Å². The van der Waals surface area contributed by atoms with Crippen molar-refractivity contribution in [1.82, 2.24) is 10.6 Å². The molecule has 0 saturated carbocycles. The van der Waals surface area contributed by atoms with Gasteiger partial charge < -0.3 is 15.7 Å². The molecule has 5 nitrogen and oxygen atoms in total.